The fourth-order valence-electron chi connectivity index (χ4n) is 3.79. The summed E-state index contributed by atoms with van der Waals surface area (Å²) in [5.74, 6) is 0. The molecule has 1 amide bonds. The van der Waals surface area contributed by atoms with Crippen LogP contribution < -0.4 is 4.90 Å². The Labute approximate surface area is 188 Å². The predicted octanol–water partition coefficient (Wildman–Crippen LogP) is 5.04. The van der Waals surface area contributed by atoms with Crippen LogP contribution in [0.1, 0.15) is 30.9 Å². The summed E-state index contributed by atoms with van der Waals surface area (Å²) in [6, 6.07) is 5.76. The molecule has 1 fully saturated rings. The number of aryl methyl sites for hydroxylation is 1. The van der Waals surface area contributed by atoms with Crippen LogP contribution in [0.15, 0.2) is 52.9 Å². The van der Waals surface area contributed by atoms with Crippen LogP contribution >= 0.6 is 11.6 Å². The fourth-order valence-corrected chi connectivity index (χ4v) is 5.48. The number of rotatable bonds is 5. The van der Waals surface area contributed by atoms with Crippen molar-refractivity contribution in [2.45, 2.75) is 39.3 Å². The quantitative estimate of drug-likeness (QED) is 0.565. The number of carbonyl (C=O) groups excluding carboxylic acids is 1. The van der Waals surface area contributed by atoms with Crippen LogP contribution in [-0.4, -0.2) is 45.1 Å². The van der Waals surface area contributed by atoms with Crippen LogP contribution in [0.4, 0.5) is 14.9 Å². The molecule has 0 N–H and O–H groups in total. The Morgan fingerprint density at radius 1 is 1.29 bits per heavy atom. The summed E-state index contributed by atoms with van der Waals surface area (Å²) in [7, 11) is -3.11. The van der Waals surface area contributed by atoms with Gasteiger partial charge in [0.05, 0.1) is 17.8 Å². The summed E-state index contributed by atoms with van der Waals surface area (Å²) < 4.78 is 42.0. The summed E-state index contributed by atoms with van der Waals surface area (Å²) in [5.41, 5.74) is 2.88. The molecule has 3 rings (SSSR count). The van der Waals surface area contributed by atoms with Crippen LogP contribution in [-0.2, 0) is 21.4 Å². The van der Waals surface area contributed by atoms with E-state index in [9.17, 15) is 17.6 Å². The van der Waals surface area contributed by atoms with Crippen LogP contribution in [0.5, 0.6) is 0 Å². The lowest BCUT2D eigenvalue weighted by molar-refractivity contribution is 0.135. The second-order valence-corrected chi connectivity index (χ2v) is 9.73. The van der Waals surface area contributed by atoms with E-state index >= 15 is 0 Å². The zero-order valence-corrected chi connectivity index (χ0v) is 19.5. The standard InChI is InChI=1S/C21H25ClN2O4S.CH3F/c1-4-6-18(22)13-16(3)29(26,27)23-11-9-19(10-12-23)24-20-15(2)7-5-8-17(20)14-28-21(24)25;1-2/h4-8,13,19H,1,9-12,14H2,2-3H3;1H3/b16-13+,18-6+;. The number of cyclic esters (lactones) is 1. The molecule has 0 spiro atoms. The van der Waals surface area contributed by atoms with Gasteiger partial charge in [0.2, 0.25) is 10.0 Å². The minimum Gasteiger partial charge on any atom is -0.444 e. The summed E-state index contributed by atoms with van der Waals surface area (Å²) in [6.45, 7) is 7.97. The number of anilines is 1. The van der Waals surface area contributed by atoms with E-state index in [1.54, 1.807) is 4.90 Å². The number of hydrogen-bond acceptors (Lipinski definition) is 4. The van der Waals surface area contributed by atoms with Gasteiger partial charge in [-0.15, -0.1) is 0 Å². The monoisotopic (exact) mass is 470 g/mol. The van der Waals surface area contributed by atoms with E-state index in [-0.39, 0.29) is 23.6 Å². The van der Waals surface area contributed by atoms with Crippen molar-refractivity contribution in [1.29, 1.82) is 0 Å². The van der Waals surface area contributed by atoms with E-state index in [1.165, 1.54) is 29.5 Å². The zero-order chi connectivity index (χ0) is 23.2. The SMILES string of the molecule is C=C/C=C(Cl)\C=C(/C)S(=O)(=O)N1CCC(N2C(=O)OCc3cccc(C)c32)CC1.CF. The van der Waals surface area contributed by atoms with Crippen LogP contribution in [0.3, 0.4) is 0 Å². The molecule has 0 radical (unpaired) electrons. The van der Waals surface area contributed by atoms with E-state index in [4.69, 9.17) is 16.3 Å². The molecule has 1 saturated heterocycles. The number of fused-ring (bicyclic) bond motifs is 1. The minimum absolute atomic E-state index is 0.109. The number of para-hydroxylation sites is 1. The number of piperidine rings is 1. The topological polar surface area (TPSA) is 66.9 Å². The van der Waals surface area contributed by atoms with Crippen LogP contribution in [0.2, 0.25) is 0 Å². The van der Waals surface area contributed by atoms with Gasteiger partial charge in [0, 0.05) is 29.7 Å². The number of carbonyl (C=O) groups is 1. The van der Waals surface area contributed by atoms with E-state index in [0.717, 1.165) is 16.8 Å². The molecule has 31 heavy (non-hydrogen) atoms. The van der Waals surface area contributed by atoms with E-state index in [1.807, 2.05) is 25.1 Å². The molecule has 0 bridgehead atoms. The molecule has 0 saturated carbocycles. The van der Waals surface area contributed by atoms with E-state index < -0.39 is 10.0 Å². The number of amides is 1. The maximum atomic E-state index is 12.9. The smallest absolute Gasteiger partial charge is 0.414 e. The maximum absolute atomic E-state index is 12.9. The summed E-state index contributed by atoms with van der Waals surface area (Å²) >= 11 is 6.00. The van der Waals surface area contributed by atoms with Crippen LogP contribution in [0, 0.1) is 6.92 Å². The highest BCUT2D eigenvalue weighted by Gasteiger charge is 2.37. The second kappa shape index (κ2) is 10.9. The highest BCUT2D eigenvalue weighted by Crippen LogP contribution is 2.35. The molecule has 9 heteroatoms. The van der Waals surface area contributed by atoms with Crippen LogP contribution in [0.25, 0.3) is 0 Å². The average molecular weight is 471 g/mol. The van der Waals surface area contributed by atoms with E-state index in [0.29, 0.717) is 38.1 Å². The third kappa shape index (κ3) is 5.56. The van der Waals surface area contributed by atoms with Crippen molar-refractivity contribution in [3.05, 3.63) is 64.1 Å². The van der Waals surface area contributed by atoms with Gasteiger partial charge in [0.15, 0.2) is 0 Å². The largest absolute Gasteiger partial charge is 0.444 e. The Kier molecular flexibility index (Phi) is 8.85. The van der Waals surface area contributed by atoms with Crippen molar-refractivity contribution in [2.75, 3.05) is 25.2 Å². The Bertz CT molecular complexity index is 983. The molecule has 6 nitrogen and oxygen atoms in total. The number of hydrogen-bond donors (Lipinski definition) is 0. The molecular weight excluding hydrogens is 443 g/mol. The summed E-state index contributed by atoms with van der Waals surface area (Å²) in [6.07, 6.45) is 5.16. The van der Waals surface area contributed by atoms with Crippen molar-refractivity contribution in [2.24, 2.45) is 0 Å². The highest BCUT2D eigenvalue weighted by atomic mass is 35.5. The van der Waals surface area contributed by atoms with Gasteiger partial charge < -0.3 is 4.74 Å². The van der Waals surface area contributed by atoms with E-state index in [2.05, 4.69) is 6.58 Å². The number of halogens is 2. The predicted molar refractivity (Wildman–Crippen MR) is 122 cm³/mol. The second-order valence-electron chi connectivity index (χ2n) is 7.18. The molecule has 2 aliphatic heterocycles. The molecule has 1 aromatic rings. The minimum atomic E-state index is -3.61. The number of ether oxygens (including phenoxy) is 1. The van der Waals surface area contributed by atoms with Gasteiger partial charge in [-0.05, 0) is 44.4 Å². The van der Waals surface area contributed by atoms with Crippen molar-refractivity contribution in [1.82, 2.24) is 4.31 Å². The average Bonchev–Trinajstić information content (AvgIpc) is 2.76. The van der Waals surface area contributed by atoms with Gasteiger partial charge >= 0.3 is 6.09 Å². The van der Waals surface area contributed by atoms with Gasteiger partial charge in [-0.25, -0.2) is 13.2 Å². The lowest BCUT2D eigenvalue weighted by Crippen LogP contribution is -2.50. The Hall–Kier alpha value is -2.16. The zero-order valence-electron chi connectivity index (χ0n) is 18.0. The van der Waals surface area contributed by atoms with Crippen molar-refractivity contribution in [3.63, 3.8) is 0 Å². The fraction of sp³-hybridized carbons (Fsp3) is 0.409. The van der Waals surface area contributed by atoms with Crippen molar-refractivity contribution >= 4 is 33.4 Å². The summed E-state index contributed by atoms with van der Waals surface area (Å²) in [5, 5.41) is 0.305. The molecule has 0 aromatic heterocycles. The molecule has 1 aromatic carbocycles. The molecule has 0 atom stereocenters. The third-order valence-electron chi connectivity index (χ3n) is 5.26. The normalized spacial score (nSPS) is 18.6. The molecular formula is C22H28ClFN2O4S. The van der Waals surface area contributed by atoms with Crippen molar-refractivity contribution < 1.29 is 22.3 Å². The molecule has 2 heterocycles. The number of alkyl halides is 1. The lowest BCUT2D eigenvalue weighted by Gasteiger charge is -2.40. The first kappa shape index (κ1) is 25.1. The molecule has 0 unspecified atom stereocenters. The highest BCUT2D eigenvalue weighted by molar-refractivity contribution is 7.93. The van der Waals surface area contributed by atoms with Gasteiger partial charge in [0.1, 0.15) is 6.61 Å². The lowest BCUT2D eigenvalue weighted by atomic mass is 10.00. The number of nitrogens with zero attached hydrogens (tertiary/aromatic N) is 2. The Morgan fingerprint density at radius 3 is 2.55 bits per heavy atom. The molecule has 0 aliphatic carbocycles. The first-order valence-electron chi connectivity index (χ1n) is 9.84. The number of allylic oxidation sites excluding steroid dienone is 5. The molecule has 2 aliphatic rings. The van der Waals surface area contributed by atoms with Gasteiger partial charge in [0.25, 0.3) is 0 Å². The third-order valence-corrected chi connectivity index (χ3v) is 7.48. The number of benzene rings is 1. The van der Waals surface area contributed by atoms with Gasteiger partial charge in [-0.2, -0.15) is 4.31 Å². The van der Waals surface area contributed by atoms with Crippen molar-refractivity contribution in [3.8, 4) is 0 Å². The maximum Gasteiger partial charge on any atom is 0.414 e. The van der Waals surface area contributed by atoms with Gasteiger partial charge in [-0.3, -0.25) is 9.29 Å². The first-order valence-corrected chi connectivity index (χ1v) is 11.7. The Morgan fingerprint density at radius 2 is 1.94 bits per heavy atom. The number of sulfonamides is 1. The summed E-state index contributed by atoms with van der Waals surface area (Å²) in [4.78, 5) is 14.4. The molecule has 170 valence electrons. The Balaban J connectivity index is 0.00000166. The first-order chi connectivity index (χ1) is 14.8. The van der Waals surface area contributed by atoms with Gasteiger partial charge in [-0.1, -0.05) is 42.5 Å².